The molecule has 7 heteroatoms. The molecule has 1 rings (SSSR count). The number of benzene rings is 1. The molecule has 1 atom stereocenters. The Morgan fingerprint density at radius 2 is 1.60 bits per heavy atom. The molecule has 0 spiro atoms. The zero-order valence-electron chi connectivity index (χ0n) is 9.84. The van der Waals surface area contributed by atoms with Gasteiger partial charge in [0.25, 0.3) is 0 Å². The number of rotatable bonds is 2. The van der Waals surface area contributed by atoms with E-state index in [2.05, 4.69) is 4.18 Å². The molecule has 0 amide bonds. The maximum absolute atomic E-state index is 9.95. The first-order valence-electron chi connectivity index (χ1n) is 3.60. The topological polar surface area (TPSA) is 66.4 Å². The van der Waals surface area contributed by atoms with E-state index in [-0.39, 0.29) is 31.0 Å². The fraction of sp³-hybridized carbons (Fsp3) is 0.250. The number of para-hydroxylation sites is 1. The molecule has 1 unspecified atom stereocenters. The SMILES string of the molecule is CS(C)=O.O=S([O-])Oc1ccccc1.[H-].[Na+]. The van der Waals surface area contributed by atoms with Crippen molar-refractivity contribution in [2.75, 3.05) is 12.5 Å². The van der Waals surface area contributed by atoms with Crippen LogP contribution in [0.25, 0.3) is 0 Å². The summed E-state index contributed by atoms with van der Waals surface area (Å²) in [6.07, 6.45) is 3.28. The Morgan fingerprint density at radius 3 is 1.93 bits per heavy atom. The van der Waals surface area contributed by atoms with E-state index in [1.54, 1.807) is 42.8 Å². The predicted molar refractivity (Wildman–Crippen MR) is 57.1 cm³/mol. The van der Waals surface area contributed by atoms with E-state index >= 15 is 0 Å². The van der Waals surface area contributed by atoms with Crippen molar-refractivity contribution in [2.45, 2.75) is 0 Å². The molecular formula is C8H12NaO4S2-. The van der Waals surface area contributed by atoms with Crippen molar-refractivity contribution < 1.29 is 48.1 Å². The van der Waals surface area contributed by atoms with Crippen LogP contribution in [0, 0.1) is 0 Å². The average molecular weight is 259 g/mol. The third-order valence-corrected chi connectivity index (χ3v) is 1.24. The first-order chi connectivity index (χ1) is 6.52. The summed E-state index contributed by atoms with van der Waals surface area (Å²) in [4.78, 5) is 0. The second-order valence-corrected chi connectivity index (χ2v) is 4.40. The fourth-order valence-corrected chi connectivity index (χ4v) is 0.823. The molecule has 0 aliphatic rings. The third-order valence-electron chi connectivity index (χ3n) is 0.907. The van der Waals surface area contributed by atoms with Crippen molar-refractivity contribution in [3.63, 3.8) is 0 Å². The summed E-state index contributed by atoms with van der Waals surface area (Å²) in [6, 6.07) is 8.30. The summed E-state index contributed by atoms with van der Waals surface area (Å²) in [5.74, 6) is 0.329. The van der Waals surface area contributed by atoms with Gasteiger partial charge in [-0.1, -0.05) is 18.2 Å². The van der Waals surface area contributed by atoms with Crippen molar-refractivity contribution in [1.29, 1.82) is 0 Å². The second kappa shape index (κ2) is 10.8. The summed E-state index contributed by atoms with van der Waals surface area (Å²) in [5.41, 5.74) is 0. The molecular weight excluding hydrogens is 247 g/mol. The number of hydrogen-bond acceptors (Lipinski definition) is 4. The molecule has 0 saturated carbocycles. The molecule has 4 nitrogen and oxygen atoms in total. The van der Waals surface area contributed by atoms with E-state index in [4.69, 9.17) is 0 Å². The van der Waals surface area contributed by atoms with Gasteiger partial charge in [-0.2, -0.15) is 0 Å². The van der Waals surface area contributed by atoms with Gasteiger partial charge in [-0.25, -0.2) is 4.21 Å². The van der Waals surface area contributed by atoms with E-state index in [1.807, 2.05) is 0 Å². The standard InChI is InChI=1S/C6H6O3S.C2H6OS.Na.H/c7-10(8)9-6-4-2-1-3-5-6;1-4(2)3;;/h1-5H,(H,7,8);1-2H3;;/q;;+1;-1/p-1. The molecule has 0 aliphatic carbocycles. The first-order valence-corrected chi connectivity index (χ1v) is 6.56. The monoisotopic (exact) mass is 259 g/mol. The summed E-state index contributed by atoms with van der Waals surface area (Å²) in [6.45, 7) is 0. The minimum atomic E-state index is -2.47. The molecule has 0 saturated heterocycles. The van der Waals surface area contributed by atoms with Crippen molar-refractivity contribution in [2.24, 2.45) is 0 Å². The van der Waals surface area contributed by atoms with Crippen LogP contribution in [0.2, 0.25) is 0 Å². The quantitative estimate of drug-likeness (QED) is 0.454. The van der Waals surface area contributed by atoms with Gasteiger partial charge in [0.1, 0.15) is 17.1 Å². The molecule has 0 aromatic heterocycles. The van der Waals surface area contributed by atoms with Crippen LogP contribution in [0.4, 0.5) is 0 Å². The van der Waals surface area contributed by atoms with Gasteiger partial charge >= 0.3 is 29.6 Å². The smallest absolute Gasteiger partial charge is 1.00 e. The van der Waals surface area contributed by atoms with Crippen LogP contribution in [0.3, 0.4) is 0 Å². The molecule has 0 fully saturated rings. The van der Waals surface area contributed by atoms with Crippen LogP contribution in [-0.2, 0) is 22.2 Å². The minimum absolute atomic E-state index is 0. The predicted octanol–water partition coefficient (Wildman–Crippen LogP) is -2.03. The van der Waals surface area contributed by atoms with E-state index in [0.29, 0.717) is 5.75 Å². The summed E-state index contributed by atoms with van der Waals surface area (Å²) in [7, 11) is -0.611. The van der Waals surface area contributed by atoms with E-state index in [0.717, 1.165) is 0 Å². The largest absolute Gasteiger partial charge is 1.00 e. The van der Waals surface area contributed by atoms with Crippen LogP contribution in [0.1, 0.15) is 1.43 Å². The van der Waals surface area contributed by atoms with Gasteiger partial charge < -0.3 is 10.2 Å². The third kappa shape index (κ3) is 14.3. The molecule has 0 bridgehead atoms. The molecule has 1 aromatic rings. The second-order valence-electron chi connectivity index (χ2n) is 2.34. The van der Waals surface area contributed by atoms with Crippen molar-refractivity contribution in [1.82, 2.24) is 0 Å². The zero-order chi connectivity index (χ0) is 11.0. The Hall–Kier alpha value is 0.280. The fourth-order valence-electron chi connectivity index (χ4n) is 0.555. The van der Waals surface area contributed by atoms with Crippen molar-refractivity contribution >= 4 is 22.2 Å². The maximum Gasteiger partial charge on any atom is 1.00 e. The van der Waals surface area contributed by atoms with Crippen LogP contribution in [0.15, 0.2) is 30.3 Å². The van der Waals surface area contributed by atoms with E-state index in [1.165, 1.54) is 0 Å². The normalized spacial score (nSPS) is 10.7. The molecule has 15 heavy (non-hydrogen) atoms. The van der Waals surface area contributed by atoms with Crippen LogP contribution < -0.4 is 33.7 Å². The zero-order valence-corrected chi connectivity index (χ0v) is 12.5. The van der Waals surface area contributed by atoms with Gasteiger partial charge in [-0.05, 0) is 12.1 Å². The Morgan fingerprint density at radius 1 is 1.20 bits per heavy atom. The van der Waals surface area contributed by atoms with Crippen LogP contribution in [-0.4, -0.2) is 25.5 Å². The van der Waals surface area contributed by atoms with Gasteiger partial charge in [0, 0.05) is 23.3 Å². The van der Waals surface area contributed by atoms with E-state index < -0.39 is 22.2 Å². The molecule has 1 aromatic carbocycles. The molecule has 0 N–H and O–H groups in total. The molecule has 0 heterocycles. The van der Waals surface area contributed by atoms with Gasteiger partial charge in [-0.3, -0.25) is 4.21 Å². The molecule has 0 radical (unpaired) electrons. The molecule has 82 valence electrons. The van der Waals surface area contributed by atoms with Gasteiger partial charge in [0.15, 0.2) is 0 Å². The van der Waals surface area contributed by atoms with Crippen molar-refractivity contribution in [3.05, 3.63) is 30.3 Å². The minimum Gasteiger partial charge on any atom is -1.00 e. The van der Waals surface area contributed by atoms with Gasteiger partial charge in [-0.15, -0.1) is 0 Å². The Kier molecular flexibility index (Phi) is 12.7. The summed E-state index contributed by atoms with van der Waals surface area (Å²) < 4.78 is 33.8. The van der Waals surface area contributed by atoms with Crippen molar-refractivity contribution in [3.8, 4) is 5.75 Å². The Balaban J connectivity index is -0.000000249. The van der Waals surface area contributed by atoms with Crippen LogP contribution >= 0.6 is 0 Å². The Labute approximate surface area is 118 Å². The van der Waals surface area contributed by atoms with Gasteiger partial charge in [0.05, 0.1) is 0 Å². The first kappa shape index (κ1) is 17.7. The number of hydrogen-bond donors (Lipinski definition) is 0. The average Bonchev–Trinajstić information content (AvgIpc) is 2.03. The molecule has 0 aliphatic heterocycles. The van der Waals surface area contributed by atoms with Gasteiger partial charge in [0.2, 0.25) is 0 Å². The van der Waals surface area contributed by atoms with E-state index in [9.17, 15) is 13.0 Å². The van der Waals surface area contributed by atoms with Crippen LogP contribution in [0.5, 0.6) is 5.75 Å². The Bertz CT molecular complexity index is 306. The summed E-state index contributed by atoms with van der Waals surface area (Å²) in [5, 5.41) is 0. The summed E-state index contributed by atoms with van der Waals surface area (Å²) >= 11 is -2.47. The maximum atomic E-state index is 9.95.